The Morgan fingerprint density at radius 2 is 1.83 bits per heavy atom. The van der Waals surface area contributed by atoms with Gasteiger partial charge < -0.3 is 15.0 Å². The summed E-state index contributed by atoms with van der Waals surface area (Å²) in [5.41, 5.74) is 2.82. The molecule has 0 aliphatic rings. The van der Waals surface area contributed by atoms with Crippen LogP contribution in [0.2, 0.25) is 0 Å². The molecule has 1 amide bonds. The maximum absolute atomic E-state index is 13.3. The zero-order valence-corrected chi connectivity index (χ0v) is 15.6. The van der Waals surface area contributed by atoms with Crippen molar-refractivity contribution in [2.24, 2.45) is 0 Å². The number of H-pyrrole nitrogens is 1. The van der Waals surface area contributed by atoms with Crippen LogP contribution in [0.1, 0.15) is 17.4 Å². The van der Waals surface area contributed by atoms with Crippen molar-refractivity contribution in [1.82, 2.24) is 15.3 Å². The molecule has 1 aromatic heterocycles. The van der Waals surface area contributed by atoms with E-state index in [0.717, 1.165) is 16.6 Å². The molecule has 0 unspecified atom stereocenters. The second-order valence-corrected chi connectivity index (χ2v) is 6.70. The number of fused-ring (bicyclic) bond motifs is 1. The van der Waals surface area contributed by atoms with Gasteiger partial charge in [0.25, 0.3) is 5.91 Å². The number of carbonyl (C=O) groups excluding carboxylic acids is 1. The number of amides is 1. The van der Waals surface area contributed by atoms with Crippen LogP contribution in [0.15, 0.2) is 78.9 Å². The van der Waals surface area contributed by atoms with Crippen LogP contribution in [0.25, 0.3) is 11.0 Å². The molecule has 0 radical (unpaired) electrons. The van der Waals surface area contributed by atoms with E-state index in [1.54, 1.807) is 6.07 Å². The Balaban J connectivity index is 1.50. The molecule has 2 N–H and O–H groups in total. The minimum Gasteiger partial charge on any atom is -0.484 e. The van der Waals surface area contributed by atoms with Gasteiger partial charge in [-0.15, -0.1) is 0 Å². The molecule has 5 nitrogen and oxygen atoms in total. The van der Waals surface area contributed by atoms with Gasteiger partial charge in [-0.2, -0.15) is 0 Å². The van der Waals surface area contributed by atoms with Crippen LogP contribution in [-0.4, -0.2) is 22.5 Å². The number of carbonyl (C=O) groups is 1. The first-order valence-electron chi connectivity index (χ1n) is 9.34. The van der Waals surface area contributed by atoms with E-state index < -0.39 is 5.82 Å². The third-order valence-corrected chi connectivity index (χ3v) is 4.52. The largest absolute Gasteiger partial charge is 0.484 e. The van der Waals surface area contributed by atoms with Gasteiger partial charge >= 0.3 is 0 Å². The Bertz CT molecular complexity index is 1080. The average Bonchev–Trinajstić information content (AvgIpc) is 3.17. The molecule has 4 rings (SSSR count). The van der Waals surface area contributed by atoms with Gasteiger partial charge in [-0.25, -0.2) is 9.37 Å². The van der Waals surface area contributed by atoms with E-state index in [2.05, 4.69) is 15.3 Å². The zero-order valence-electron chi connectivity index (χ0n) is 15.6. The number of nitrogens with one attached hydrogen (secondary N) is 2. The van der Waals surface area contributed by atoms with E-state index in [0.29, 0.717) is 18.0 Å². The monoisotopic (exact) mass is 389 g/mol. The molecular weight excluding hydrogens is 369 g/mol. The number of aromatic amines is 1. The molecule has 0 saturated heterocycles. The molecular formula is C23H20FN3O2. The van der Waals surface area contributed by atoms with Gasteiger partial charge in [-0.3, -0.25) is 4.79 Å². The number of hydrogen-bond donors (Lipinski definition) is 2. The minimum atomic E-state index is -0.410. The Labute approximate surface area is 167 Å². The van der Waals surface area contributed by atoms with E-state index in [1.165, 1.54) is 18.2 Å². The molecule has 4 aromatic rings. The van der Waals surface area contributed by atoms with Crippen LogP contribution in [0, 0.1) is 5.82 Å². The maximum atomic E-state index is 13.3. The zero-order chi connectivity index (χ0) is 20.1. The number of rotatable bonds is 7. The number of imidazole rings is 1. The fourth-order valence-corrected chi connectivity index (χ4v) is 3.15. The number of nitrogens with zero attached hydrogens (tertiary/aromatic N) is 1. The molecule has 1 heterocycles. The smallest absolute Gasteiger partial charge is 0.258 e. The molecule has 1 atom stereocenters. The van der Waals surface area contributed by atoms with Crippen molar-refractivity contribution in [2.45, 2.75) is 12.5 Å². The van der Waals surface area contributed by atoms with E-state index in [1.807, 2.05) is 54.6 Å². The maximum Gasteiger partial charge on any atom is 0.258 e. The van der Waals surface area contributed by atoms with Crippen molar-refractivity contribution in [1.29, 1.82) is 0 Å². The van der Waals surface area contributed by atoms with Crippen LogP contribution in [0.4, 0.5) is 4.39 Å². The predicted octanol–water partition coefficient (Wildman–Crippen LogP) is 4.18. The first-order chi connectivity index (χ1) is 14.2. The van der Waals surface area contributed by atoms with Crippen LogP contribution in [0.3, 0.4) is 0 Å². The van der Waals surface area contributed by atoms with Crippen molar-refractivity contribution in [3.8, 4) is 5.75 Å². The number of ether oxygens (including phenoxy) is 1. The summed E-state index contributed by atoms with van der Waals surface area (Å²) in [6.45, 7) is -0.213. The lowest BCUT2D eigenvalue weighted by Crippen LogP contribution is -2.34. The number of halogens is 1. The highest BCUT2D eigenvalue weighted by atomic mass is 19.1. The molecule has 29 heavy (non-hydrogen) atoms. The fraction of sp³-hybridized carbons (Fsp3) is 0.130. The highest BCUT2D eigenvalue weighted by Crippen LogP contribution is 2.20. The molecule has 0 aliphatic carbocycles. The molecule has 146 valence electrons. The molecule has 3 aromatic carbocycles. The normalized spacial score (nSPS) is 11.9. The van der Waals surface area contributed by atoms with Crippen LogP contribution in [0.5, 0.6) is 5.75 Å². The fourth-order valence-electron chi connectivity index (χ4n) is 3.15. The van der Waals surface area contributed by atoms with Gasteiger partial charge in [0, 0.05) is 6.07 Å². The number of para-hydroxylation sites is 2. The summed E-state index contributed by atoms with van der Waals surface area (Å²) in [4.78, 5) is 20.4. The lowest BCUT2D eigenvalue weighted by atomic mass is 10.1. The standard InChI is InChI=1S/C23H20FN3O2/c24-17-9-6-10-18(14-17)29-15-22(28)25-21(13-16-7-2-1-3-8-16)23-26-19-11-4-5-12-20(19)27-23/h1-12,14,21H,13,15H2,(H,25,28)(H,26,27)/t21-/m0/s1. The number of hydrogen-bond acceptors (Lipinski definition) is 3. The SMILES string of the molecule is O=C(COc1cccc(F)c1)N[C@@H](Cc1ccccc1)c1nc2ccccc2[nH]1. The second kappa shape index (κ2) is 8.56. The quantitative estimate of drug-likeness (QED) is 0.498. The molecule has 0 fully saturated rings. The minimum absolute atomic E-state index is 0.213. The van der Waals surface area contributed by atoms with Gasteiger partial charge in [0.1, 0.15) is 17.4 Å². The Morgan fingerprint density at radius 1 is 1.03 bits per heavy atom. The highest BCUT2D eigenvalue weighted by Gasteiger charge is 2.19. The first-order valence-corrected chi connectivity index (χ1v) is 9.34. The average molecular weight is 389 g/mol. The third-order valence-electron chi connectivity index (χ3n) is 4.52. The molecule has 0 spiro atoms. The van der Waals surface area contributed by atoms with Crippen LogP contribution >= 0.6 is 0 Å². The third kappa shape index (κ3) is 4.79. The summed E-state index contributed by atoms with van der Waals surface area (Å²) in [7, 11) is 0. The topological polar surface area (TPSA) is 67.0 Å². The predicted molar refractivity (Wildman–Crippen MR) is 109 cm³/mol. The summed E-state index contributed by atoms with van der Waals surface area (Å²) in [6, 6.07) is 23.0. The highest BCUT2D eigenvalue weighted by molar-refractivity contribution is 5.78. The van der Waals surface area contributed by atoms with Crippen molar-refractivity contribution >= 4 is 16.9 Å². The summed E-state index contributed by atoms with van der Waals surface area (Å²) in [5, 5.41) is 2.98. The summed E-state index contributed by atoms with van der Waals surface area (Å²) < 4.78 is 18.7. The van der Waals surface area contributed by atoms with Crippen molar-refractivity contribution in [3.63, 3.8) is 0 Å². The van der Waals surface area contributed by atoms with Gasteiger partial charge in [-0.05, 0) is 36.2 Å². The molecule has 6 heteroatoms. The first kappa shape index (κ1) is 18.7. The molecule has 0 saturated carbocycles. The Hall–Kier alpha value is -3.67. The van der Waals surface area contributed by atoms with Crippen molar-refractivity contribution < 1.29 is 13.9 Å². The van der Waals surface area contributed by atoms with E-state index >= 15 is 0 Å². The summed E-state index contributed by atoms with van der Waals surface area (Å²) >= 11 is 0. The Kier molecular flexibility index (Phi) is 5.52. The number of benzene rings is 3. The molecule has 0 bridgehead atoms. The lowest BCUT2D eigenvalue weighted by Gasteiger charge is -2.17. The Morgan fingerprint density at radius 3 is 2.62 bits per heavy atom. The van der Waals surface area contributed by atoms with Gasteiger partial charge in [0.05, 0.1) is 17.1 Å². The van der Waals surface area contributed by atoms with Gasteiger partial charge in [0.2, 0.25) is 0 Å². The summed E-state index contributed by atoms with van der Waals surface area (Å²) in [6.07, 6.45) is 0.576. The number of aromatic nitrogens is 2. The van der Waals surface area contributed by atoms with Crippen LogP contribution < -0.4 is 10.1 Å². The van der Waals surface area contributed by atoms with E-state index in [9.17, 15) is 9.18 Å². The molecule has 0 aliphatic heterocycles. The van der Waals surface area contributed by atoms with Gasteiger partial charge in [0.15, 0.2) is 6.61 Å². The lowest BCUT2D eigenvalue weighted by molar-refractivity contribution is -0.123. The van der Waals surface area contributed by atoms with Gasteiger partial charge in [-0.1, -0.05) is 48.5 Å². The van der Waals surface area contributed by atoms with Crippen LogP contribution in [-0.2, 0) is 11.2 Å². The summed E-state index contributed by atoms with van der Waals surface area (Å²) in [5.74, 6) is 0.264. The van der Waals surface area contributed by atoms with E-state index in [-0.39, 0.29) is 18.6 Å². The second-order valence-electron chi connectivity index (χ2n) is 6.70. The van der Waals surface area contributed by atoms with Crippen molar-refractivity contribution in [2.75, 3.05) is 6.61 Å². The van der Waals surface area contributed by atoms with Crippen molar-refractivity contribution in [3.05, 3.63) is 96.1 Å². The van der Waals surface area contributed by atoms with E-state index in [4.69, 9.17) is 4.74 Å².